The number of benzene rings is 1. The van der Waals surface area contributed by atoms with Crippen LogP contribution in [0.5, 0.6) is 0 Å². The Kier molecular flexibility index (Phi) is 4.64. The van der Waals surface area contributed by atoms with E-state index in [1.807, 2.05) is 32.2 Å². The molecule has 2 N–H and O–H groups in total. The van der Waals surface area contributed by atoms with Crippen molar-refractivity contribution in [3.05, 3.63) is 65.8 Å². The minimum absolute atomic E-state index is 0.164. The highest BCUT2D eigenvalue weighted by Crippen LogP contribution is 2.31. The first-order valence-electron chi connectivity index (χ1n) is 9.05. The van der Waals surface area contributed by atoms with Crippen molar-refractivity contribution in [1.29, 1.82) is 0 Å². The molecule has 0 unspecified atom stereocenters. The molecule has 9 nitrogen and oxygen atoms in total. The van der Waals surface area contributed by atoms with Gasteiger partial charge in [0.2, 0.25) is 0 Å². The summed E-state index contributed by atoms with van der Waals surface area (Å²) in [6.07, 6.45) is 3.80. The molecule has 2 amide bonds. The lowest BCUT2D eigenvalue weighted by molar-refractivity contribution is 0.0719. The summed E-state index contributed by atoms with van der Waals surface area (Å²) < 4.78 is 1.73. The van der Waals surface area contributed by atoms with E-state index in [2.05, 4.69) is 25.5 Å². The van der Waals surface area contributed by atoms with Gasteiger partial charge in [0.15, 0.2) is 5.82 Å². The predicted molar refractivity (Wildman–Crippen MR) is 100 cm³/mol. The molecule has 0 saturated carbocycles. The van der Waals surface area contributed by atoms with Gasteiger partial charge in [-0.2, -0.15) is 5.10 Å². The van der Waals surface area contributed by atoms with E-state index in [9.17, 15) is 9.59 Å². The zero-order valence-corrected chi connectivity index (χ0v) is 15.7. The van der Waals surface area contributed by atoms with Crippen molar-refractivity contribution in [3.63, 3.8) is 0 Å². The van der Waals surface area contributed by atoms with Gasteiger partial charge in [-0.25, -0.2) is 9.97 Å². The maximum absolute atomic E-state index is 13.0. The molecule has 1 fully saturated rings. The van der Waals surface area contributed by atoms with Gasteiger partial charge >= 0.3 is 0 Å². The number of likely N-dealkylation sites (tertiary alicyclic amines) is 1. The van der Waals surface area contributed by atoms with Gasteiger partial charge in [0.1, 0.15) is 11.5 Å². The number of rotatable bonds is 4. The molecular formula is C19H21N7O2. The number of aryl methyl sites for hydroxylation is 2. The van der Waals surface area contributed by atoms with Gasteiger partial charge in [-0.1, -0.05) is 18.2 Å². The number of H-pyrrole nitrogens is 1. The fourth-order valence-corrected chi connectivity index (χ4v) is 3.45. The first kappa shape index (κ1) is 17.9. The average Bonchev–Trinajstić information content (AvgIpc) is 3.42. The lowest BCUT2D eigenvalue weighted by Gasteiger charge is -2.21. The van der Waals surface area contributed by atoms with Gasteiger partial charge < -0.3 is 14.8 Å². The Labute approximate surface area is 161 Å². The topological polar surface area (TPSA) is 109 Å². The SMILES string of the molecule is Cc1nc([C@@H]2C[C@H](NC(=O)c3ccccc3)CN2C(=O)c2cn(C)cn2)n[nH]1. The number of carbonyl (C=O) groups is 2. The maximum Gasteiger partial charge on any atom is 0.274 e. The summed E-state index contributed by atoms with van der Waals surface area (Å²) in [5, 5.41) is 10.1. The third kappa shape index (κ3) is 3.51. The van der Waals surface area contributed by atoms with Crippen LogP contribution in [0.15, 0.2) is 42.9 Å². The van der Waals surface area contributed by atoms with Crippen LogP contribution in [0.4, 0.5) is 0 Å². The van der Waals surface area contributed by atoms with Crippen molar-refractivity contribution < 1.29 is 9.59 Å². The Morgan fingerprint density at radius 1 is 1.25 bits per heavy atom. The fraction of sp³-hybridized carbons (Fsp3) is 0.316. The average molecular weight is 379 g/mol. The number of hydrogen-bond donors (Lipinski definition) is 2. The molecule has 4 rings (SSSR count). The number of imidazole rings is 1. The number of hydrogen-bond acceptors (Lipinski definition) is 5. The number of aromatic nitrogens is 5. The van der Waals surface area contributed by atoms with Crippen LogP contribution in [0.2, 0.25) is 0 Å². The summed E-state index contributed by atoms with van der Waals surface area (Å²) in [6.45, 7) is 2.18. The monoisotopic (exact) mass is 379 g/mol. The molecule has 1 aromatic carbocycles. The third-order valence-corrected chi connectivity index (χ3v) is 4.77. The van der Waals surface area contributed by atoms with Gasteiger partial charge in [0.25, 0.3) is 11.8 Å². The van der Waals surface area contributed by atoms with E-state index >= 15 is 0 Å². The summed E-state index contributed by atoms with van der Waals surface area (Å²) in [4.78, 5) is 35.8. The molecule has 1 saturated heterocycles. The number of nitrogens with one attached hydrogen (secondary N) is 2. The van der Waals surface area contributed by atoms with Crippen molar-refractivity contribution in [3.8, 4) is 0 Å². The van der Waals surface area contributed by atoms with Crippen LogP contribution in [0.25, 0.3) is 0 Å². The van der Waals surface area contributed by atoms with Crippen LogP contribution in [0.1, 0.15) is 45.0 Å². The summed E-state index contributed by atoms with van der Waals surface area (Å²) in [6, 6.07) is 8.49. The Balaban J connectivity index is 1.56. The lowest BCUT2D eigenvalue weighted by atomic mass is 10.1. The third-order valence-electron chi connectivity index (χ3n) is 4.77. The molecule has 1 aliphatic rings. The zero-order valence-electron chi connectivity index (χ0n) is 15.7. The molecule has 3 heterocycles. The van der Waals surface area contributed by atoms with E-state index in [0.717, 1.165) is 0 Å². The van der Waals surface area contributed by atoms with Crippen molar-refractivity contribution in [2.45, 2.75) is 25.4 Å². The van der Waals surface area contributed by atoms with Crippen LogP contribution >= 0.6 is 0 Å². The molecular weight excluding hydrogens is 358 g/mol. The molecule has 144 valence electrons. The Bertz CT molecular complexity index is 995. The first-order chi connectivity index (χ1) is 13.5. The van der Waals surface area contributed by atoms with Crippen molar-refractivity contribution in [2.24, 2.45) is 7.05 Å². The second-order valence-electron chi connectivity index (χ2n) is 6.95. The molecule has 0 bridgehead atoms. The van der Waals surface area contributed by atoms with Crippen molar-refractivity contribution in [2.75, 3.05) is 6.54 Å². The van der Waals surface area contributed by atoms with Gasteiger partial charge in [-0.15, -0.1) is 0 Å². The molecule has 3 aromatic rings. The van der Waals surface area contributed by atoms with Crippen LogP contribution in [0.3, 0.4) is 0 Å². The normalized spacial score (nSPS) is 19.0. The molecule has 28 heavy (non-hydrogen) atoms. The predicted octanol–water partition coefficient (Wildman–Crippen LogP) is 1.23. The highest BCUT2D eigenvalue weighted by Gasteiger charge is 2.40. The van der Waals surface area contributed by atoms with Crippen molar-refractivity contribution in [1.82, 2.24) is 34.9 Å². The second kappa shape index (κ2) is 7.26. The number of nitrogens with zero attached hydrogens (tertiary/aromatic N) is 5. The standard InChI is InChI=1S/C19H21N7O2/c1-12-21-17(24-23-12)16-8-14(22-18(27)13-6-4-3-5-7-13)9-26(16)19(28)15-10-25(2)11-20-15/h3-7,10-11,14,16H,8-9H2,1-2H3,(H,22,27)(H,21,23,24)/t14-,16-/m0/s1. The van der Waals surface area contributed by atoms with Crippen LogP contribution in [-0.2, 0) is 7.05 Å². The highest BCUT2D eigenvalue weighted by atomic mass is 16.2. The lowest BCUT2D eigenvalue weighted by Crippen LogP contribution is -2.38. The quantitative estimate of drug-likeness (QED) is 0.709. The Morgan fingerprint density at radius 2 is 2.04 bits per heavy atom. The first-order valence-corrected chi connectivity index (χ1v) is 9.05. The number of aromatic amines is 1. The second-order valence-corrected chi connectivity index (χ2v) is 6.95. The van der Waals surface area contributed by atoms with Gasteiger partial charge in [0, 0.05) is 31.4 Å². The van der Waals surface area contributed by atoms with Gasteiger partial charge in [0.05, 0.1) is 12.4 Å². The smallest absolute Gasteiger partial charge is 0.274 e. The molecule has 1 aliphatic heterocycles. The molecule has 9 heteroatoms. The molecule has 0 radical (unpaired) electrons. The largest absolute Gasteiger partial charge is 0.347 e. The summed E-state index contributed by atoms with van der Waals surface area (Å²) in [5.41, 5.74) is 0.942. The van der Waals surface area contributed by atoms with E-state index in [4.69, 9.17) is 0 Å². The van der Waals surface area contributed by atoms with E-state index in [1.165, 1.54) is 0 Å². The maximum atomic E-state index is 13.0. The van der Waals surface area contributed by atoms with E-state index < -0.39 is 0 Å². The molecule has 0 aliphatic carbocycles. The molecule has 2 aromatic heterocycles. The summed E-state index contributed by atoms with van der Waals surface area (Å²) in [5.74, 6) is 0.849. The van der Waals surface area contributed by atoms with Gasteiger partial charge in [-0.3, -0.25) is 14.7 Å². The number of amides is 2. The van der Waals surface area contributed by atoms with Crippen LogP contribution in [0, 0.1) is 6.92 Å². The van der Waals surface area contributed by atoms with E-state index in [0.29, 0.717) is 35.9 Å². The zero-order chi connectivity index (χ0) is 19.7. The fourth-order valence-electron chi connectivity index (χ4n) is 3.45. The Morgan fingerprint density at radius 3 is 2.68 bits per heavy atom. The van der Waals surface area contributed by atoms with E-state index in [-0.39, 0.29) is 23.9 Å². The summed E-state index contributed by atoms with van der Waals surface area (Å²) >= 11 is 0. The van der Waals surface area contributed by atoms with Crippen molar-refractivity contribution >= 4 is 11.8 Å². The minimum atomic E-state index is -0.333. The Hall–Kier alpha value is -3.49. The highest BCUT2D eigenvalue weighted by molar-refractivity contribution is 5.95. The van der Waals surface area contributed by atoms with Gasteiger partial charge in [-0.05, 0) is 25.5 Å². The molecule has 2 atom stereocenters. The van der Waals surface area contributed by atoms with E-state index in [1.54, 1.807) is 34.1 Å². The number of carbonyl (C=O) groups excluding carboxylic acids is 2. The molecule has 0 spiro atoms. The minimum Gasteiger partial charge on any atom is -0.347 e. The van der Waals surface area contributed by atoms with Crippen LogP contribution in [-0.4, -0.2) is 54.0 Å². The summed E-state index contributed by atoms with van der Waals surface area (Å²) in [7, 11) is 1.81. The van der Waals surface area contributed by atoms with Crippen LogP contribution < -0.4 is 5.32 Å².